The molecule has 1 aliphatic rings. The summed E-state index contributed by atoms with van der Waals surface area (Å²) in [5, 5.41) is 3.43. The first kappa shape index (κ1) is 33.2. The van der Waals surface area contributed by atoms with E-state index in [0.29, 0.717) is 0 Å². The molecule has 46 heavy (non-hydrogen) atoms. The molecule has 2 amide bonds. The van der Waals surface area contributed by atoms with Gasteiger partial charge in [-0.15, -0.1) is 0 Å². The lowest BCUT2D eigenvalue weighted by Gasteiger charge is -2.35. The van der Waals surface area contributed by atoms with Crippen molar-refractivity contribution in [2.24, 2.45) is 0 Å². The molecule has 10 heteroatoms. The van der Waals surface area contributed by atoms with Crippen LogP contribution in [0.2, 0.25) is 5.02 Å². The van der Waals surface area contributed by atoms with Crippen molar-refractivity contribution in [2.75, 3.05) is 10.8 Å². The highest BCUT2D eigenvalue weighted by molar-refractivity contribution is 7.92. The van der Waals surface area contributed by atoms with Crippen LogP contribution >= 0.6 is 11.6 Å². The van der Waals surface area contributed by atoms with Gasteiger partial charge in [-0.05, 0) is 54.8 Å². The lowest BCUT2D eigenvalue weighted by atomic mass is 9.94. The molecule has 1 unspecified atom stereocenters. The fourth-order valence-corrected chi connectivity index (χ4v) is 7.40. The van der Waals surface area contributed by atoms with Crippen LogP contribution in [-0.2, 0) is 32.6 Å². The van der Waals surface area contributed by atoms with Crippen LogP contribution in [0.5, 0.6) is 0 Å². The molecule has 4 aromatic rings. The van der Waals surface area contributed by atoms with Gasteiger partial charge >= 0.3 is 0 Å². The Balaban J connectivity index is 1.56. The van der Waals surface area contributed by atoms with Crippen LogP contribution < -0.4 is 9.62 Å². The Labute approximate surface area is 275 Å². The summed E-state index contributed by atoms with van der Waals surface area (Å²) in [5.74, 6) is -1.56. The van der Waals surface area contributed by atoms with Gasteiger partial charge in [0.25, 0.3) is 10.0 Å². The molecule has 240 valence electrons. The van der Waals surface area contributed by atoms with Crippen molar-refractivity contribution in [1.29, 1.82) is 0 Å². The van der Waals surface area contributed by atoms with Gasteiger partial charge in [0, 0.05) is 29.6 Å². The minimum Gasteiger partial charge on any atom is -0.352 e. The van der Waals surface area contributed by atoms with E-state index in [9.17, 15) is 18.0 Å². The van der Waals surface area contributed by atoms with E-state index in [1.54, 1.807) is 54.6 Å². The van der Waals surface area contributed by atoms with Crippen molar-refractivity contribution in [3.05, 3.63) is 131 Å². The monoisotopic (exact) mass is 661 g/mol. The number of hydrogen-bond acceptors (Lipinski definition) is 4. The summed E-state index contributed by atoms with van der Waals surface area (Å²) in [6, 6.07) is 28.3. The molecular formula is C36H37ClFN3O4S. The molecule has 0 aliphatic heterocycles. The summed E-state index contributed by atoms with van der Waals surface area (Å²) in [4.78, 5) is 29.9. The Morgan fingerprint density at radius 2 is 1.50 bits per heavy atom. The molecule has 5 rings (SSSR count). The predicted octanol–water partition coefficient (Wildman–Crippen LogP) is 6.76. The number of rotatable bonds is 12. The summed E-state index contributed by atoms with van der Waals surface area (Å²) in [7, 11) is -4.26. The van der Waals surface area contributed by atoms with Crippen molar-refractivity contribution in [2.45, 2.75) is 62.0 Å². The highest BCUT2D eigenvalue weighted by Gasteiger charge is 2.35. The molecule has 7 nitrogen and oxygen atoms in total. The molecule has 4 aromatic carbocycles. The summed E-state index contributed by atoms with van der Waals surface area (Å²) in [6.45, 7) is -0.885. The summed E-state index contributed by atoms with van der Waals surface area (Å²) >= 11 is 6.27. The Hall–Kier alpha value is -4.21. The molecule has 1 fully saturated rings. The normalized spacial score (nSPS) is 14.3. The zero-order valence-electron chi connectivity index (χ0n) is 25.4. The Kier molecular flexibility index (Phi) is 11.1. The second-order valence-electron chi connectivity index (χ2n) is 11.5. The molecule has 1 saturated carbocycles. The first-order valence-electron chi connectivity index (χ1n) is 15.4. The molecule has 1 aliphatic carbocycles. The Morgan fingerprint density at radius 1 is 0.848 bits per heavy atom. The highest BCUT2D eigenvalue weighted by Crippen LogP contribution is 2.27. The van der Waals surface area contributed by atoms with Gasteiger partial charge in [0.15, 0.2) is 0 Å². The maximum atomic E-state index is 15.1. The van der Waals surface area contributed by atoms with E-state index in [1.807, 2.05) is 30.3 Å². The van der Waals surface area contributed by atoms with E-state index in [2.05, 4.69) is 5.32 Å². The van der Waals surface area contributed by atoms with Crippen molar-refractivity contribution in [3.8, 4) is 0 Å². The SMILES string of the molecule is O=C(NC1CCCCC1)C(Cc1ccccc1)N(Cc1ccccc1F)C(=O)CN(c1cccc(Cl)c1)S(=O)(=O)c1ccccc1. The van der Waals surface area contributed by atoms with Crippen LogP contribution in [0.3, 0.4) is 0 Å². The van der Waals surface area contributed by atoms with E-state index >= 15 is 4.39 Å². The molecular weight excluding hydrogens is 625 g/mol. The van der Waals surface area contributed by atoms with Gasteiger partial charge in [0.1, 0.15) is 18.4 Å². The van der Waals surface area contributed by atoms with Gasteiger partial charge in [0.05, 0.1) is 10.6 Å². The largest absolute Gasteiger partial charge is 0.352 e. The number of sulfonamides is 1. The number of amides is 2. The standard InChI is InChI=1S/C36H37ClFN3O4S/c37-29-16-12-19-31(24-29)41(46(44,45)32-20-8-3-9-21-32)26-35(42)40(25-28-15-10-11-22-33(28)38)34(23-27-13-4-1-5-14-27)36(43)39-30-17-6-2-7-18-30/h1,3-5,8-16,19-22,24,30,34H,2,6-7,17-18,23,25-26H2,(H,39,43). The van der Waals surface area contributed by atoms with Crippen molar-refractivity contribution >= 4 is 39.1 Å². The van der Waals surface area contributed by atoms with Gasteiger partial charge in [-0.1, -0.05) is 104 Å². The van der Waals surface area contributed by atoms with Crippen LogP contribution in [0.4, 0.5) is 10.1 Å². The first-order valence-corrected chi connectivity index (χ1v) is 17.2. The van der Waals surface area contributed by atoms with Crippen LogP contribution in [0.1, 0.15) is 43.2 Å². The van der Waals surface area contributed by atoms with Crippen LogP contribution in [0.15, 0.2) is 114 Å². The minimum atomic E-state index is -4.26. The summed E-state index contributed by atoms with van der Waals surface area (Å²) in [5.41, 5.74) is 1.20. The average molecular weight is 662 g/mol. The molecule has 0 saturated heterocycles. The maximum absolute atomic E-state index is 15.1. The van der Waals surface area contributed by atoms with Gasteiger partial charge in [-0.3, -0.25) is 13.9 Å². The van der Waals surface area contributed by atoms with E-state index in [4.69, 9.17) is 11.6 Å². The quantitative estimate of drug-likeness (QED) is 0.182. The smallest absolute Gasteiger partial charge is 0.264 e. The predicted molar refractivity (Wildman–Crippen MR) is 178 cm³/mol. The number of halogens is 2. The third-order valence-electron chi connectivity index (χ3n) is 8.23. The van der Waals surface area contributed by atoms with Crippen LogP contribution in [-0.4, -0.2) is 43.8 Å². The molecule has 0 heterocycles. The third kappa shape index (κ3) is 8.33. The van der Waals surface area contributed by atoms with Crippen LogP contribution in [0.25, 0.3) is 0 Å². The van der Waals surface area contributed by atoms with E-state index in [1.165, 1.54) is 29.2 Å². The van der Waals surface area contributed by atoms with E-state index < -0.39 is 34.3 Å². The maximum Gasteiger partial charge on any atom is 0.264 e. The number of nitrogens with one attached hydrogen (secondary N) is 1. The summed E-state index contributed by atoms with van der Waals surface area (Å²) < 4.78 is 44.2. The van der Waals surface area contributed by atoms with Gasteiger partial charge < -0.3 is 10.2 Å². The number of nitrogens with zero attached hydrogens (tertiary/aromatic N) is 2. The number of carbonyl (C=O) groups is 2. The Bertz CT molecular complexity index is 1730. The number of hydrogen-bond donors (Lipinski definition) is 1. The van der Waals surface area contributed by atoms with Crippen molar-refractivity contribution in [3.63, 3.8) is 0 Å². The molecule has 0 spiro atoms. The second-order valence-corrected chi connectivity index (χ2v) is 13.8. The number of benzene rings is 4. The van der Waals surface area contributed by atoms with Gasteiger partial charge in [0.2, 0.25) is 11.8 Å². The van der Waals surface area contributed by atoms with Gasteiger partial charge in [-0.2, -0.15) is 0 Å². The van der Waals surface area contributed by atoms with Crippen molar-refractivity contribution in [1.82, 2.24) is 10.2 Å². The lowest BCUT2D eigenvalue weighted by Crippen LogP contribution is -2.55. The number of anilines is 1. The molecule has 0 aromatic heterocycles. The zero-order valence-corrected chi connectivity index (χ0v) is 27.0. The van der Waals surface area contributed by atoms with Crippen LogP contribution in [0, 0.1) is 5.82 Å². The number of carbonyl (C=O) groups excluding carboxylic acids is 2. The molecule has 0 radical (unpaired) electrons. The van der Waals surface area contributed by atoms with E-state index in [0.717, 1.165) is 42.0 Å². The Morgan fingerprint density at radius 3 is 2.17 bits per heavy atom. The highest BCUT2D eigenvalue weighted by atomic mass is 35.5. The summed E-state index contributed by atoms with van der Waals surface area (Å²) in [6.07, 6.45) is 4.93. The van der Waals surface area contributed by atoms with Crippen molar-refractivity contribution < 1.29 is 22.4 Å². The molecule has 0 bridgehead atoms. The zero-order chi connectivity index (χ0) is 32.5. The van der Waals surface area contributed by atoms with E-state index in [-0.39, 0.29) is 46.1 Å². The third-order valence-corrected chi connectivity index (χ3v) is 10.3. The first-order chi connectivity index (χ1) is 22.2. The molecule has 1 atom stereocenters. The fraction of sp³-hybridized carbons (Fsp3) is 0.278. The average Bonchev–Trinajstić information content (AvgIpc) is 3.07. The fourth-order valence-electron chi connectivity index (χ4n) is 5.79. The minimum absolute atomic E-state index is 0.0145. The topological polar surface area (TPSA) is 86.8 Å². The second kappa shape index (κ2) is 15.4. The molecule has 1 N–H and O–H groups in total. The lowest BCUT2D eigenvalue weighted by molar-refractivity contribution is -0.140. The van der Waals surface area contributed by atoms with Gasteiger partial charge in [-0.25, -0.2) is 12.8 Å².